The minimum Gasteiger partial charge on any atom is -0.349 e. The normalized spacial score (nSPS) is 13.3. The van der Waals surface area contributed by atoms with Crippen LogP contribution >= 0.6 is 11.6 Å². The van der Waals surface area contributed by atoms with Gasteiger partial charge in [0.25, 0.3) is 0 Å². The fraction of sp³-hybridized carbons (Fsp3) is 0.316. The lowest BCUT2D eigenvalue weighted by atomic mass is 9.98. The third kappa shape index (κ3) is 5.08. The lowest BCUT2D eigenvalue weighted by molar-refractivity contribution is -0.125. The molecule has 0 unspecified atom stereocenters. The summed E-state index contributed by atoms with van der Waals surface area (Å²) in [6.07, 6.45) is 0.668. The highest BCUT2D eigenvalue weighted by atomic mass is 35.5. The molecule has 4 heteroatoms. The summed E-state index contributed by atoms with van der Waals surface area (Å²) in [7, 11) is 1.85. The topological polar surface area (TPSA) is 41.1 Å². The van der Waals surface area contributed by atoms with E-state index in [0.717, 1.165) is 16.1 Å². The van der Waals surface area contributed by atoms with Gasteiger partial charge in [-0.2, -0.15) is 0 Å². The molecule has 2 aromatic carbocycles. The molecule has 2 aromatic rings. The molecule has 1 amide bonds. The van der Waals surface area contributed by atoms with E-state index in [1.807, 2.05) is 68.6 Å². The number of amides is 1. The lowest BCUT2D eigenvalue weighted by Crippen LogP contribution is -2.37. The van der Waals surface area contributed by atoms with Crippen molar-refractivity contribution >= 4 is 17.5 Å². The fourth-order valence-corrected chi connectivity index (χ4v) is 2.75. The average Bonchev–Trinajstić information content (AvgIpc) is 2.57. The number of halogens is 1. The number of carbonyl (C=O) groups is 1. The molecular weight excluding hydrogens is 308 g/mol. The van der Waals surface area contributed by atoms with E-state index in [1.54, 1.807) is 0 Å². The van der Waals surface area contributed by atoms with Crippen LogP contribution in [0.25, 0.3) is 0 Å². The Morgan fingerprint density at radius 1 is 1.09 bits per heavy atom. The molecule has 0 bridgehead atoms. The Balaban J connectivity index is 2.19. The maximum Gasteiger partial charge on any atom is 0.224 e. The molecular formula is C19H23ClN2O. The summed E-state index contributed by atoms with van der Waals surface area (Å²) in [5, 5.41) is 6.92. The molecule has 2 N–H and O–H groups in total. The Morgan fingerprint density at radius 2 is 1.74 bits per heavy atom. The highest BCUT2D eigenvalue weighted by Crippen LogP contribution is 2.23. The molecule has 0 aliphatic rings. The van der Waals surface area contributed by atoms with Gasteiger partial charge in [-0.05, 0) is 30.7 Å². The van der Waals surface area contributed by atoms with Crippen LogP contribution in [0.15, 0.2) is 54.6 Å². The predicted octanol–water partition coefficient (Wildman–Crippen LogP) is 3.60. The standard InChI is InChI=1S/C19H23ClN2O/c1-14(13-21-2)19(23)22-18(15-8-4-3-5-9-15)12-16-10-6-7-11-17(16)20/h3-11,14,18,21H,12-13H2,1-2H3,(H,22,23)/t14-,18-/m0/s1. The van der Waals surface area contributed by atoms with Gasteiger partial charge in [-0.3, -0.25) is 4.79 Å². The van der Waals surface area contributed by atoms with Crippen molar-refractivity contribution in [2.24, 2.45) is 5.92 Å². The van der Waals surface area contributed by atoms with E-state index in [9.17, 15) is 4.79 Å². The Hall–Kier alpha value is -1.84. The monoisotopic (exact) mass is 330 g/mol. The molecule has 0 spiro atoms. The van der Waals surface area contributed by atoms with E-state index >= 15 is 0 Å². The van der Waals surface area contributed by atoms with Crippen molar-refractivity contribution in [1.29, 1.82) is 0 Å². The van der Waals surface area contributed by atoms with Crippen LogP contribution in [-0.4, -0.2) is 19.5 Å². The summed E-state index contributed by atoms with van der Waals surface area (Å²) in [5.41, 5.74) is 2.11. The molecule has 3 nitrogen and oxygen atoms in total. The first kappa shape index (κ1) is 17.5. The Bertz CT molecular complexity index is 630. The third-order valence-corrected chi connectivity index (χ3v) is 4.23. The average molecular weight is 331 g/mol. The van der Waals surface area contributed by atoms with Crippen LogP contribution in [0.4, 0.5) is 0 Å². The fourth-order valence-electron chi connectivity index (χ4n) is 2.53. The van der Waals surface area contributed by atoms with Crippen LogP contribution in [0, 0.1) is 5.92 Å². The van der Waals surface area contributed by atoms with Crippen LogP contribution in [0.3, 0.4) is 0 Å². The summed E-state index contributed by atoms with van der Waals surface area (Å²) >= 11 is 6.28. The Labute approximate surface area is 143 Å². The largest absolute Gasteiger partial charge is 0.349 e. The van der Waals surface area contributed by atoms with Crippen molar-refractivity contribution in [2.75, 3.05) is 13.6 Å². The zero-order valence-electron chi connectivity index (χ0n) is 13.6. The number of hydrogen-bond acceptors (Lipinski definition) is 2. The maximum absolute atomic E-state index is 12.4. The number of hydrogen-bond donors (Lipinski definition) is 2. The van der Waals surface area contributed by atoms with Crippen LogP contribution in [0.5, 0.6) is 0 Å². The summed E-state index contributed by atoms with van der Waals surface area (Å²) in [5.74, 6) is -0.0438. The van der Waals surface area contributed by atoms with E-state index in [1.165, 1.54) is 0 Å². The first-order valence-electron chi connectivity index (χ1n) is 7.85. The van der Waals surface area contributed by atoms with Gasteiger partial charge in [-0.15, -0.1) is 0 Å². The number of benzene rings is 2. The highest BCUT2D eigenvalue weighted by molar-refractivity contribution is 6.31. The van der Waals surface area contributed by atoms with Gasteiger partial charge in [0.1, 0.15) is 0 Å². The minimum absolute atomic E-state index is 0.0419. The van der Waals surface area contributed by atoms with E-state index < -0.39 is 0 Å². The van der Waals surface area contributed by atoms with Crippen LogP contribution in [-0.2, 0) is 11.2 Å². The molecule has 0 radical (unpaired) electrons. The number of rotatable bonds is 7. The van der Waals surface area contributed by atoms with Gasteiger partial charge >= 0.3 is 0 Å². The molecule has 2 atom stereocenters. The van der Waals surface area contributed by atoms with Crippen molar-refractivity contribution in [3.8, 4) is 0 Å². The second kappa shape index (κ2) is 8.70. The van der Waals surface area contributed by atoms with Crippen molar-refractivity contribution in [3.63, 3.8) is 0 Å². The van der Waals surface area contributed by atoms with Gasteiger partial charge in [0.05, 0.1) is 6.04 Å². The molecule has 0 saturated carbocycles. The lowest BCUT2D eigenvalue weighted by Gasteiger charge is -2.22. The predicted molar refractivity (Wildman–Crippen MR) is 95.6 cm³/mol. The first-order chi connectivity index (χ1) is 11.1. The number of carbonyl (C=O) groups excluding carboxylic acids is 1. The molecule has 0 heterocycles. The first-order valence-corrected chi connectivity index (χ1v) is 8.23. The van der Waals surface area contributed by atoms with Crippen molar-refractivity contribution in [1.82, 2.24) is 10.6 Å². The molecule has 0 aromatic heterocycles. The van der Waals surface area contributed by atoms with Crippen molar-refractivity contribution in [2.45, 2.75) is 19.4 Å². The molecule has 0 aliphatic heterocycles. The Morgan fingerprint density at radius 3 is 2.39 bits per heavy atom. The Kier molecular flexibility index (Phi) is 6.63. The molecule has 122 valence electrons. The van der Waals surface area contributed by atoms with Crippen molar-refractivity contribution < 1.29 is 4.79 Å². The van der Waals surface area contributed by atoms with E-state index in [4.69, 9.17) is 11.6 Å². The van der Waals surface area contributed by atoms with Gasteiger partial charge in [-0.1, -0.05) is 67.1 Å². The second-order valence-electron chi connectivity index (χ2n) is 5.73. The zero-order chi connectivity index (χ0) is 16.7. The van der Waals surface area contributed by atoms with Gasteiger partial charge < -0.3 is 10.6 Å². The van der Waals surface area contributed by atoms with Gasteiger partial charge in [0, 0.05) is 17.5 Å². The van der Waals surface area contributed by atoms with E-state index in [0.29, 0.717) is 13.0 Å². The summed E-state index contributed by atoms with van der Waals surface area (Å²) < 4.78 is 0. The van der Waals surface area contributed by atoms with E-state index in [-0.39, 0.29) is 17.9 Å². The summed E-state index contributed by atoms with van der Waals surface area (Å²) in [6.45, 7) is 2.57. The van der Waals surface area contributed by atoms with E-state index in [2.05, 4.69) is 10.6 Å². The molecule has 0 fully saturated rings. The van der Waals surface area contributed by atoms with Crippen LogP contribution in [0.2, 0.25) is 5.02 Å². The molecule has 23 heavy (non-hydrogen) atoms. The molecule has 0 saturated heterocycles. The highest BCUT2D eigenvalue weighted by Gasteiger charge is 2.19. The third-order valence-electron chi connectivity index (χ3n) is 3.86. The molecule has 0 aliphatic carbocycles. The summed E-state index contributed by atoms with van der Waals surface area (Å²) in [4.78, 5) is 12.4. The molecule has 2 rings (SSSR count). The van der Waals surface area contributed by atoms with Crippen molar-refractivity contribution in [3.05, 3.63) is 70.7 Å². The second-order valence-corrected chi connectivity index (χ2v) is 6.13. The van der Waals surface area contributed by atoms with Gasteiger partial charge in [0.15, 0.2) is 0 Å². The zero-order valence-corrected chi connectivity index (χ0v) is 14.3. The van der Waals surface area contributed by atoms with Gasteiger partial charge in [-0.25, -0.2) is 0 Å². The maximum atomic E-state index is 12.4. The SMILES string of the molecule is CNC[C@H](C)C(=O)N[C@@H](Cc1ccccc1Cl)c1ccccc1. The minimum atomic E-state index is -0.0945. The quantitative estimate of drug-likeness (QED) is 0.814. The smallest absolute Gasteiger partial charge is 0.224 e. The van der Waals surface area contributed by atoms with Gasteiger partial charge in [0.2, 0.25) is 5.91 Å². The summed E-state index contributed by atoms with van der Waals surface area (Å²) in [6, 6.07) is 17.7. The van der Waals surface area contributed by atoms with Crippen LogP contribution < -0.4 is 10.6 Å². The van der Waals surface area contributed by atoms with Crippen LogP contribution in [0.1, 0.15) is 24.1 Å². The number of nitrogens with one attached hydrogen (secondary N) is 2.